The lowest BCUT2D eigenvalue weighted by Gasteiger charge is -2.25. The van der Waals surface area contributed by atoms with Gasteiger partial charge in [0.1, 0.15) is 0 Å². The fraction of sp³-hybridized carbons (Fsp3) is 0.900. The monoisotopic (exact) mass is 183 g/mol. The van der Waals surface area contributed by atoms with Crippen LogP contribution in [0.2, 0.25) is 0 Å². The van der Waals surface area contributed by atoms with Gasteiger partial charge in [-0.2, -0.15) is 0 Å². The van der Waals surface area contributed by atoms with Crippen molar-refractivity contribution in [2.24, 2.45) is 11.8 Å². The van der Waals surface area contributed by atoms with Crippen LogP contribution < -0.4 is 0 Å². The van der Waals surface area contributed by atoms with Gasteiger partial charge in [-0.25, -0.2) is 0 Å². The molecule has 13 heavy (non-hydrogen) atoms. The first-order valence-corrected chi connectivity index (χ1v) is 5.00. The van der Waals surface area contributed by atoms with E-state index in [4.69, 9.17) is 4.74 Å². The van der Waals surface area contributed by atoms with E-state index in [-0.39, 0.29) is 11.9 Å². The van der Waals surface area contributed by atoms with Gasteiger partial charge in [-0.3, -0.25) is 4.79 Å². The Kier molecular flexibility index (Phi) is 2.28. The lowest BCUT2D eigenvalue weighted by atomic mass is 9.80. The Balaban J connectivity index is 2.05. The molecule has 2 bridgehead atoms. The highest BCUT2D eigenvalue weighted by Gasteiger charge is 2.42. The van der Waals surface area contributed by atoms with Gasteiger partial charge in [-0.15, -0.1) is 0 Å². The molecular formula is C10H17NO2. The number of ether oxygens (including phenoxy) is 1. The summed E-state index contributed by atoms with van der Waals surface area (Å²) < 4.78 is 4.82. The summed E-state index contributed by atoms with van der Waals surface area (Å²) in [6.07, 6.45) is 3.37. The third-order valence-corrected chi connectivity index (χ3v) is 3.60. The van der Waals surface area contributed by atoms with Gasteiger partial charge in [0.05, 0.1) is 13.0 Å². The van der Waals surface area contributed by atoms with Gasteiger partial charge >= 0.3 is 5.97 Å². The second-order valence-corrected chi connectivity index (χ2v) is 4.30. The van der Waals surface area contributed by atoms with Gasteiger partial charge in [-0.1, -0.05) is 0 Å². The summed E-state index contributed by atoms with van der Waals surface area (Å²) in [4.78, 5) is 13.8. The van der Waals surface area contributed by atoms with Crippen LogP contribution in [0.25, 0.3) is 0 Å². The Morgan fingerprint density at radius 3 is 2.92 bits per heavy atom. The van der Waals surface area contributed by atoms with Crippen molar-refractivity contribution in [2.45, 2.75) is 25.3 Å². The Morgan fingerprint density at radius 1 is 1.46 bits per heavy atom. The van der Waals surface area contributed by atoms with Crippen LogP contribution >= 0.6 is 0 Å². The molecule has 0 amide bonds. The van der Waals surface area contributed by atoms with Crippen molar-refractivity contribution in [1.29, 1.82) is 0 Å². The number of likely N-dealkylation sites (tertiary alicyclic amines) is 1. The van der Waals surface area contributed by atoms with E-state index in [2.05, 4.69) is 11.9 Å². The number of fused-ring (bicyclic) bond motifs is 2. The average Bonchev–Trinajstić information content (AvgIpc) is 2.42. The van der Waals surface area contributed by atoms with Crippen LogP contribution in [0, 0.1) is 11.8 Å². The fourth-order valence-corrected chi connectivity index (χ4v) is 2.82. The summed E-state index contributed by atoms with van der Waals surface area (Å²) in [6, 6.07) is 0.728. The topological polar surface area (TPSA) is 29.5 Å². The van der Waals surface area contributed by atoms with Crippen LogP contribution in [-0.2, 0) is 9.53 Å². The van der Waals surface area contributed by atoms with Gasteiger partial charge < -0.3 is 9.64 Å². The van der Waals surface area contributed by atoms with E-state index in [9.17, 15) is 4.79 Å². The maximum absolute atomic E-state index is 11.4. The number of carbonyl (C=O) groups is 1. The van der Waals surface area contributed by atoms with E-state index >= 15 is 0 Å². The minimum atomic E-state index is -0.00116. The van der Waals surface area contributed by atoms with E-state index < -0.39 is 0 Å². The number of rotatable bonds is 1. The summed E-state index contributed by atoms with van der Waals surface area (Å²) in [7, 11) is 3.65. The first kappa shape index (κ1) is 9.00. The third kappa shape index (κ3) is 1.46. The maximum atomic E-state index is 11.4. The van der Waals surface area contributed by atoms with Crippen LogP contribution in [0.15, 0.2) is 0 Å². The molecule has 0 radical (unpaired) electrons. The van der Waals surface area contributed by atoms with Crippen molar-refractivity contribution in [1.82, 2.24) is 4.90 Å². The maximum Gasteiger partial charge on any atom is 0.308 e. The van der Waals surface area contributed by atoms with Crippen molar-refractivity contribution in [3.63, 3.8) is 0 Å². The summed E-state index contributed by atoms with van der Waals surface area (Å²) >= 11 is 0. The Morgan fingerprint density at radius 2 is 2.23 bits per heavy atom. The molecule has 0 aromatic heterocycles. The van der Waals surface area contributed by atoms with Gasteiger partial charge in [0.2, 0.25) is 0 Å². The molecule has 0 aromatic rings. The first-order chi connectivity index (χ1) is 6.22. The molecule has 2 aliphatic rings. The molecule has 1 saturated heterocycles. The van der Waals surface area contributed by atoms with Crippen molar-refractivity contribution >= 4 is 5.97 Å². The third-order valence-electron chi connectivity index (χ3n) is 3.60. The Bertz CT molecular complexity index is 215. The SMILES string of the molecule is COC(=O)[C@H]1CC[C@@H]2C[C@H]1CN2C. The highest BCUT2D eigenvalue weighted by Crippen LogP contribution is 2.38. The number of hydrogen-bond acceptors (Lipinski definition) is 3. The van der Waals surface area contributed by atoms with Crippen molar-refractivity contribution < 1.29 is 9.53 Å². The van der Waals surface area contributed by atoms with Crippen molar-refractivity contribution in [2.75, 3.05) is 20.7 Å². The predicted molar refractivity (Wildman–Crippen MR) is 49.3 cm³/mol. The van der Waals surface area contributed by atoms with Gasteiger partial charge in [-0.05, 0) is 32.2 Å². The average molecular weight is 183 g/mol. The predicted octanol–water partition coefficient (Wildman–Crippen LogP) is 0.890. The second kappa shape index (κ2) is 3.29. The zero-order valence-corrected chi connectivity index (χ0v) is 8.32. The zero-order chi connectivity index (χ0) is 9.42. The summed E-state index contributed by atoms with van der Waals surface area (Å²) in [5.41, 5.74) is 0. The molecular weight excluding hydrogens is 166 g/mol. The minimum absolute atomic E-state index is 0.00116. The zero-order valence-electron chi connectivity index (χ0n) is 8.32. The lowest BCUT2D eigenvalue weighted by molar-refractivity contribution is -0.148. The molecule has 0 spiro atoms. The molecule has 1 aliphatic heterocycles. The van der Waals surface area contributed by atoms with Crippen LogP contribution in [0.5, 0.6) is 0 Å². The lowest BCUT2D eigenvalue weighted by Crippen LogP contribution is -2.29. The van der Waals surface area contributed by atoms with E-state index in [1.165, 1.54) is 13.5 Å². The summed E-state index contributed by atoms with van der Waals surface area (Å²) in [6.45, 7) is 1.07. The highest BCUT2D eigenvalue weighted by molar-refractivity contribution is 5.72. The van der Waals surface area contributed by atoms with Crippen LogP contribution in [0.4, 0.5) is 0 Å². The molecule has 3 heteroatoms. The normalized spacial score (nSPS) is 39.1. The molecule has 2 fully saturated rings. The molecule has 0 aromatic carbocycles. The van der Waals surface area contributed by atoms with Crippen molar-refractivity contribution in [3.8, 4) is 0 Å². The molecule has 1 heterocycles. The standard InChI is InChI=1S/C10H17NO2/c1-11-6-7-5-8(11)3-4-9(7)10(12)13-2/h7-9H,3-6H2,1-2H3/t7-,8+,9-/m0/s1. The van der Waals surface area contributed by atoms with Crippen molar-refractivity contribution in [3.05, 3.63) is 0 Å². The molecule has 1 saturated carbocycles. The van der Waals surface area contributed by atoms with E-state index in [0.717, 1.165) is 25.4 Å². The van der Waals surface area contributed by atoms with Gasteiger partial charge in [0.15, 0.2) is 0 Å². The number of nitrogens with zero attached hydrogens (tertiary/aromatic N) is 1. The highest BCUT2D eigenvalue weighted by atomic mass is 16.5. The van der Waals surface area contributed by atoms with E-state index in [1.807, 2.05) is 0 Å². The fourth-order valence-electron chi connectivity index (χ4n) is 2.82. The van der Waals surface area contributed by atoms with Crippen LogP contribution in [-0.4, -0.2) is 37.6 Å². The Hall–Kier alpha value is -0.570. The molecule has 0 unspecified atom stereocenters. The summed E-state index contributed by atoms with van der Waals surface area (Å²) in [5.74, 6) is 0.723. The number of methoxy groups -OCH3 is 1. The van der Waals surface area contributed by atoms with Gasteiger partial charge in [0, 0.05) is 12.6 Å². The molecule has 1 aliphatic carbocycles. The molecule has 74 valence electrons. The number of esters is 1. The minimum Gasteiger partial charge on any atom is -0.469 e. The molecule has 2 rings (SSSR count). The largest absolute Gasteiger partial charge is 0.469 e. The van der Waals surface area contributed by atoms with Gasteiger partial charge in [0.25, 0.3) is 0 Å². The quantitative estimate of drug-likeness (QED) is 0.565. The first-order valence-electron chi connectivity index (χ1n) is 5.00. The molecule has 3 nitrogen and oxygen atoms in total. The van der Waals surface area contributed by atoms with E-state index in [0.29, 0.717) is 5.92 Å². The number of hydrogen-bond donors (Lipinski definition) is 0. The second-order valence-electron chi connectivity index (χ2n) is 4.30. The smallest absolute Gasteiger partial charge is 0.308 e. The Labute approximate surface area is 79.0 Å². The summed E-state index contributed by atoms with van der Waals surface area (Å²) in [5, 5.41) is 0. The molecule has 3 atom stereocenters. The van der Waals surface area contributed by atoms with Crippen LogP contribution in [0.3, 0.4) is 0 Å². The molecule has 0 N–H and O–H groups in total. The van der Waals surface area contributed by atoms with E-state index in [1.54, 1.807) is 0 Å². The van der Waals surface area contributed by atoms with Crippen LogP contribution in [0.1, 0.15) is 19.3 Å². The number of carbonyl (C=O) groups excluding carboxylic acids is 1.